The quantitative estimate of drug-likeness (QED) is 0.535. The first kappa shape index (κ1) is 21.8. The summed E-state index contributed by atoms with van der Waals surface area (Å²) in [4.78, 5) is 17.3. The number of alkyl halides is 3. The molecule has 0 aliphatic heterocycles. The van der Waals surface area contributed by atoms with Gasteiger partial charge in [0.15, 0.2) is 11.2 Å². The Balaban J connectivity index is 1.61. The van der Waals surface area contributed by atoms with Gasteiger partial charge in [0, 0.05) is 17.5 Å². The second kappa shape index (κ2) is 8.87. The van der Waals surface area contributed by atoms with Crippen molar-refractivity contribution >= 4 is 22.4 Å². The second-order valence-electron chi connectivity index (χ2n) is 7.08. The van der Waals surface area contributed by atoms with Crippen LogP contribution in [0.4, 0.5) is 18.3 Å². The van der Waals surface area contributed by atoms with E-state index >= 15 is 0 Å². The molecule has 8 heteroatoms. The van der Waals surface area contributed by atoms with E-state index in [1.165, 1.54) is 17.4 Å². The molecule has 0 saturated carbocycles. The zero-order valence-electron chi connectivity index (χ0n) is 16.7. The predicted octanol–water partition coefficient (Wildman–Crippen LogP) is 5.78. The number of aromatic nitrogens is 1. The fourth-order valence-electron chi connectivity index (χ4n) is 2.97. The van der Waals surface area contributed by atoms with E-state index in [1.807, 2.05) is 32.0 Å². The van der Waals surface area contributed by atoms with Gasteiger partial charge < -0.3 is 4.74 Å². The molecule has 0 bridgehead atoms. The largest absolute Gasteiger partial charge is 0.481 e. The van der Waals surface area contributed by atoms with Crippen molar-refractivity contribution in [2.24, 2.45) is 0 Å². The summed E-state index contributed by atoms with van der Waals surface area (Å²) in [7, 11) is 0. The third-order valence-electron chi connectivity index (χ3n) is 4.29. The summed E-state index contributed by atoms with van der Waals surface area (Å²) in [6.45, 7) is 5.54. The minimum atomic E-state index is -4.38. The summed E-state index contributed by atoms with van der Waals surface area (Å²) in [5.74, 6) is 0.258. The Bertz CT molecular complexity index is 1030. The van der Waals surface area contributed by atoms with E-state index in [1.54, 1.807) is 19.2 Å². The number of rotatable bonds is 6. The summed E-state index contributed by atoms with van der Waals surface area (Å²) in [5.41, 5.74) is 1.92. The van der Waals surface area contributed by atoms with Crippen LogP contribution in [0.1, 0.15) is 34.1 Å². The molecule has 0 aliphatic rings. The predicted molar refractivity (Wildman–Crippen MR) is 111 cm³/mol. The van der Waals surface area contributed by atoms with Crippen LogP contribution in [-0.2, 0) is 17.4 Å². The topological polar surface area (TPSA) is 51.2 Å². The summed E-state index contributed by atoms with van der Waals surface area (Å²) in [6.07, 6.45) is -3.27. The molecule has 1 amide bonds. The van der Waals surface area contributed by atoms with E-state index in [-0.39, 0.29) is 5.91 Å². The van der Waals surface area contributed by atoms with Crippen molar-refractivity contribution in [2.75, 3.05) is 5.32 Å². The van der Waals surface area contributed by atoms with E-state index in [0.29, 0.717) is 22.9 Å². The maximum Gasteiger partial charge on any atom is 0.416 e. The van der Waals surface area contributed by atoms with Crippen LogP contribution >= 0.6 is 11.3 Å². The molecule has 1 N–H and O–H groups in total. The number of carbonyl (C=O) groups is 1. The molecule has 0 aliphatic carbocycles. The van der Waals surface area contributed by atoms with Crippen molar-refractivity contribution in [2.45, 2.75) is 39.5 Å². The first-order valence-electron chi connectivity index (χ1n) is 9.27. The lowest BCUT2D eigenvalue weighted by atomic mass is 10.1. The normalized spacial score (nSPS) is 12.5. The molecule has 158 valence electrons. The first-order chi connectivity index (χ1) is 14.1. The number of thiazole rings is 1. The lowest BCUT2D eigenvalue weighted by Gasteiger charge is -2.14. The highest BCUT2D eigenvalue weighted by molar-refractivity contribution is 7.15. The summed E-state index contributed by atoms with van der Waals surface area (Å²) in [5, 5.41) is 3.07. The van der Waals surface area contributed by atoms with Gasteiger partial charge in [0.1, 0.15) is 5.75 Å². The van der Waals surface area contributed by atoms with Gasteiger partial charge in [-0.1, -0.05) is 24.3 Å². The molecule has 30 heavy (non-hydrogen) atoms. The van der Waals surface area contributed by atoms with Gasteiger partial charge in [-0.25, -0.2) is 4.98 Å². The maximum absolute atomic E-state index is 12.9. The molecule has 1 unspecified atom stereocenters. The van der Waals surface area contributed by atoms with Crippen molar-refractivity contribution in [1.82, 2.24) is 4.98 Å². The minimum Gasteiger partial charge on any atom is -0.481 e. The van der Waals surface area contributed by atoms with Gasteiger partial charge >= 0.3 is 6.18 Å². The third kappa shape index (κ3) is 5.82. The Hall–Kier alpha value is -2.87. The van der Waals surface area contributed by atoms with E-state index in [2.05, 4.69) is 10.3 Å². The second-order valence-corrected chi connectivity index (χ2v) is 8.19. The van der Waals surface area contributed by atoms with E-state index < -0.39 is 17.8 Å². The smallest absolute Gasteiger partial charge is 0.416 e. The first-order valence-corrected chi connectivity index (χ1v) is 10.1. The number of aryl methyl sites for hydroxylation is 2. The van der Waals surface area contributed by atoms with Crippen LogP contribution in [-0.4, -0.2) is 17.0 Å². The van der Waals surface area contributed by atoms with Gasteiger partial charge in [-0.15, -0.1) is 11.3 Å². The molecule has 0 saturated heterocycles. The van der Waals surface area contributed by atoms with Crippen molar-refractivity contribution in [3.05, 3.63) is 75.8 Å². The van der Waals surface area contributed by atoms with Crippen LogP contribution in [0.15, 0.2) is 48.7 Å². The Kier molecular flexibility index (Phi) is 6.45. The number of benzene rings is 2. The lowest BCUT2D eigenvalue weighted by Crippen LogP contribution is -2.30. The minimum absolute atomic E-state index is 0.298. The molecular weight excluding hydrogens is 413 g/mol. The van der Waals surface area contributed by atoms with Crippen molar-refractivity contribution in [3.8, 4) is 5.75 Å². The fraction of sp³-hybridized carbons (Fsp3) is 0.273. The zero-order valence-corrected chi connectivity index (χ0v) is 17.5. The summed E-state index contributed by atoms with van der Waals surface area (Å²) in [6, 6.07) is 10.9. The number of amides is 1. The Morgan fingerprint density at radius 1 is 1.17 bits per heavy atom. The van der Waals surface area contributed by atoms with E-state index in [9.17, 15) is 18.0 Å². The Labute approximate surface area is 176 Å². The number of hydrogen-bond acceptors (Lipinski definition) is 4. The average molecular weight is 434 g/mol. The Morgan fingerprint density at radius 2 is 1.87 bits per heavy atom. The molecule has 2 aromatic carbocycles. The van der Waals surface area contributed by atoms with Crippen molar-refractivity contribution < 1.29 is 22.7 Å². The monoisotopic (exact) mass is 434 g/mol. The summed E-state index contributed by atoms with van der Waals surface area (Å²) < 4.78 is 44.3. The number of hydrogen-bond donors (Lipinski definition) is 1. The number of anilines is 1. The molecule has 0 radical (unpaired) electrons. The van der Waals surface area contributed by atoms with Crippen molar-refractivity contribution in [1.29, 1.82) is 0 Å². The van der Waals surface area contributed by atoms with Gasteiger partial charge in [0.2, 0.25) is 0 Å². The van der Waals surface area contributed by atoms with Gasteiger partial charge in [0.05, 0.1) is 5.56 Å². The molecule has 1 atom stereocenters. The van der Waals surface area contributed by atoms with Crippen LogP contribution in [0.25, 0.3) is 0 Å². The zero-order chi connectivity index (χ0) is 21.9. The molecule has 1 heterocycles. The van der Waals surface area contributed by atoms with E-state index in [0.717, 1.165) is 28.1 Å². The van der Waals surface area contributed by atoms with Gasteiger partial charge in [-0.3, -0.25) is 10.1 Å². The van der Waals surface area contributed by atoms with Crippen LogP contribution in [0, 0.1) is 13.8 Å². The Morgan fingerprint density at radius 3 is 2.53 bits per heavy atom. The highest BCUT2D eigenvalue weighted by atomic mass is 32.1. The SMILES string of the molecule is Cc1cc(C)cc(OC(C)C(=O)Nc2ncc(Cc3cccc(C(F)(F)F)c3)s2)c1. The molecular formula is C22H21F3N2O2S. The number of nitrogens with zero attached hydrogens (tertiary/aromatic N) is 1. The molecule has 3 rings (SSSR count). The van der Waals surface area contributed by atoms with Crippen molar-refractivity contribution in [3.63, 3.8) is 0 Å². The van der Waals surface area contributed by atoms with Gasteiger partial charge in [0.25, 0.3) is 5.91 Å². The fourth-order valence-corrected chi connectivity index (χ4v) is 3.82. The molecule has 3 aromatic rings. The highest BCUT2D eigenvalue weighted by Crippen LogP contribution is 2.30. The van der Waals surface area contributed by atoms with Crippen LogP contribution in [0.3, 0.4) is 0 Å². The number of carbonyl (C=O) groups excluding carboxylic acids is 1. The van der Waals surface area contributed by atoms with Crippen LogP contribution in [0.5, 0.6) is 5.75 Å². The number of nitrogens with one attached hydrogen (secondary N) is 1. The van der Waals surface area contributed by atoms with Crippen LogP contribution < -0.4 is 10.1 Å². The molecule has 1 aromatic heterocycles. The van der Waals surface area contributed by atoms with E-state index in [4.69, 9.17) is 4.74 Å². The van der Waals surface area contributed by atoms with Crippen LogP contribution in [0.2, 0.25) is 0 Å². The molecule has 0 spiro atoms. The maximum atomic E-state index is 12.9. The average Bonchev–Trinajstić information content (AvgIpc) is 3.07. The lowest BCUT2D eigenvalue weighted by molar-refractivity contribution is -0.137. The molecule has 4 nitrogen and oxygen atoms in total. The number of halogens is 3. The third-order valence-corrected chi connectivity index (χ3v) is 5.21. The highest BCUT2D eigenvalue weighted by Gasteiger charge is 2.30. The number of ether oxygens (including phenoxy) is 1. The van der Waals surface area contributed by atoms with Gasteiger partial charge in [-0.2, -0.15) is 13.2 Å². The summed E-state index contributed by atoms with van der Waals surface area (Å²) >= 11 is 1.22. The standard InChI is InChI=1S/C22H21F3N2O2S/c1-13-7-14(2)9-18(8-13)29-15(3)20(28)27-21-26-12-19(30-21)11-16-5-4-6-17(10-16)22(23,24)25/h4-10,12,15H,11H2,1-3H3,(H,26,27,28). The van der Waals surface area contributed by atoms with Gasteiger partial charge in [-0.05, 0) is 55.7 Å². The molecule has 0 fully saturated rings.